The number of nitrogens with zero attached hydrogens (tertiary/aromatic N) is 1. The number of carbonyl (C=O) groups is 1. The minimum Gasteiger partial charge on any atom is -0.307 e. The van der Waals surface area contributed by atoms with Crippen molar-refractivity contribution in [3.05, 3.63) is 0 Å². The zero-order chi connectivity index (χ0) is 11.8. The first kappa shape index (κ1) is 13.7. The van der Waals surface area contributed by atoms with Crippen LogP contribution >= 0.6 is 0 Å². The summed E-state index contributed by atoms with van der Waals surface area (Å²) in [5.74, 6) is 0.353. The highest BCUT2D eigenvalue weighted by molar-refractivity contribution is 5.83. The van der Waals surface area contributed by atoms with E-state index in [4.69, 9.17) is 0 Å². The molecule has 1 fully saturated rings. The summed E-state index contributed by atoms with van der Waals surface area (Å²) < 4.78 is 0. The Morgan fingerprint density at radius 2 is 1.81 bits per heavy atom. The zero-order valence-electron chi connectivity index (χ0n) is 10.8. The number of ketones is 1. The van der Waals surface area contributed by atoms with Gasteiger partial charge < -0.3 is 10.2 Å². The summed E-state index contributed by atoms with van der Waals surface area (Å²) in [6, 6.07) is 0.0492. The Morgan fingerprint density at radius 3 is 2.31 bits per heavy atom. The van der Waals surface area contributed by atoms with Crippen molar-refractivity contribution in [1.29, 1.82) is 0 Å². The maximum Gasteiger partial charge on any atom is 0.150 e. The van der Waals surface area contributed by atoms with E-state index in [2.05, 4.69) is 17.1 Å². The summed E-state index contributed by atoms with van der Waals surface area (Å²) >= 11 is 0. The molecule has 0 aromatic heterocycles. The number of hydrogen-bond donors (Lipinski definition) is 1. The summed E-state index contributed by atoms with van der Waals surface area (Å²) in [4.78, 5) is 14.2. The molecule has 0 bridgehead atoms. The van der Waals surface area contributed by atoms with Crippen molar-refractivity contribution in [2.75, 3.05) is 26.2 Å². The number of Topliss-reactive ketones (excluding diaryl/α,β-unsaturated/α-hetero) is 1. The van der Waals surface area contributed by atoms with Crippen LogP contribution in [0.3, 0.4) is 0 Å². The van der Waals surface area contributed by atoms with E-state index in [-0.39, 0.29) is 6.04 Å². The first-order chi connectivity index (χ1) is 7.77. The monoisotopic (exact) mass is 226 g/mol. The quantitative estimate of drug-likeness (QED) is 0.750. The minimum atomic E-state index is 0.0492. The molecule has 94 valence electrons. The van der Waals surface area contributed by atoms with Crippen molar-refractivity contribution in [2.24, 2.45) is 0 Å². The number of likely N-dealkylation sites (tertiary alicyclic amines) is 1. The molecule has 1 aliphatic rings. The van der Waals surface area contributed by atoms with E-state index in [1.54, 1.807) is 0 Å². The number of carbonyl (C=O) groups excluding carboxylic acids is 1. The second kappa shape index (κ2) is 7.80. The van der Waals surface area contributed by atoms with Crippen LogP contribution in [0.1, 0.15) is 46.0 Å². The number of nitrogens with one attached hydrogen (secondary N) is 1. The molecule has 0 saturated carbocycles. The third-order valence-corrected chi connectivity index (χ3v) is 3.33. The topological polar surface area (TPSA) is 32.3 Å². The molecule has 0 aromatic rings. The Hall–Kier alpha value is -0.410. The van der Waals surface area contributed by atoms with Gasteiger partial charge in [0.25, 0.3) is 0 Å². The molecule has 0 aromatic carbocycles. The highest BCUT2D eigenvalue weighted by Gasteiger charge is 2.19. The fourth-order valence-electron chi connectivity index (χ4n) is 2.35. The smallest absolute Gasteiger partial charge is 0.150 e. The molecule has 0 aliphatic carbocycles. The molecular formula is C13H26N2O. The molecule has 1 saturated heterocycles. The molecule has 3 nitrogen and oxygen atoms in total. The zero-order valence-corrected chi connectivity index (χ0v) is 10.8. The van der Waals surface area contributed by atoms with Gasteiger partial charge in [0.2, 0.25) is 0 Å². The lowest BCUT2D eigenvalue weighted by Crippen LogP contribution is -2.46. The molecule has 1 N–H and O–H groups in total. The van der Waals surface area contributed by atoms with Gasteiger partial charge in [-0.3, -0.25) is 4.79 Å². The van der Waals surface area contributed by atoms with Crippen LogP contribution in [0.25, 0.3) is 0 Å². The predicted molar refractivity (Wildman–Crippen MR) is 67.7 cm³/mol. The van der Waals surface area contributed by atoms with Gasteiger partial charge in [0.05, 0.1) is 6.04 Å². The average molecular weight is 226 g/mol. The van der Waals surface area contributed by atoms with Crippen LogP contribution in [-0.2, 0) is 4.79 Å². The van der Waals surface area contributed by atoms with Crippen molar-refractivity contribution in [2.45, 2.75) is 52.0 Å². The van der Waals surface area contributed by atoms with Crippen LogP contribution in [0.4, 0.5) is 0 Å². The fraction of sp³-hybridized carbons (Fsp3) is 0.923. The standard InChI is InChI=1S/C13H26N2O/c1-3-13(16)12(14-4-2)11-15-9-7-5-6-8-10-15/h12,14H,3-11H2,1-2H3. The van der Waals surface area contributed by atoms with Gasteiger partial charge >= 0.3 is 0 Å². The van der Waals surface area contributed by atoms with Crippen molar-refractivity contribution in [3.63, 3.8) is 0 Å². The van der Waals surface area contributed by atoms with Crippen molar-refractivity contribution >= 4 is 5.78 Å². The Balaban J connectivity index is 2.42. The van der Waals surface area contributed by atoms with Crippen LogP contribution in [0.15, 0.2) is 0 Å². The molecule has 16 heavy (non-hydrogen) atoms. The molecule has 1 rings (SSSR count). The lowest BCUT2D eigenvalue weighted by molar-refractivity contribution is -0.121. The first-order valence-electron chi connectivity index (χ1n) is 6.76. The number of rotatable bonds is 6. The molecule has 0 amide bonds. The van der Waals surface area contributed by atoms with Crippen LogP contribution < -0.4 is 5.32 Å². The Morgan fingerprint density at radius 1 is 1.19 bits per heavy atom. The molecule has 1 atom stereocenters. The lowest BCUT2D eigenvalue weighted by atomic mass is 10.1. The average Bonchev–Trinajstić information content (AvgIpc) is 2.56. The minimum absolute atomic E-state index is 0.0492. The summed E-state index contributed by atoms with van der Waals surface area (Å²) in [5, 5.41) is 3.31. The number of hydrogen-bond acceptors (Lipinski definition) is 3. The molecule has 1 heterocycles. The molecular weight excluding hydrogens is 200 g/mol. The van der Waals surface area contributed by atoms with Crippen molar-refractivity contribution in [1.82, 2.24) is 10.2 Å². The van der Waals surface area contributed by atoms with Gasteiger partial charge in [0.15, 0.2) is 5.78 Å². The summed E-state index contributed by atoms with van der Waals surface area (Å²) in [7, 11) is 0. The van der Waals surface area contributed by atoms with Crippen LogP contribution in [0.2, 0.25) is 0 Å². The van der Waals surface area contributed by atoms with E-state index in [9.17, 15) is 4.79 Å². The maximum absolute atomic E-state index is 11.8. The SMILES string of the molecule is CCNC(CN1CCCCCC1)C(=O)CC. The third kappa shape index (κ3) is 4.62. The highest BCUT2D eigenvalue weighted by Crippen LogP contribution is 2.10. The Labute approximate surface area is 99.6 Å². The summed E-state index contributed by atoms with van der Waals surface area (Å²) in [6.45, 7) is 8.13. The van der Waals surface area contributed by atoms with Gasteiger partial charge in [-0.1, -0.05) is 26.7 Å². The van der Waals surface area contributed by atoms with E-state index >= 15 is 0 Å². The Bertz CT molecular complexity index is 198. The van der Waals surface area contributed by atoms with Crippen LogP contribution in [0.5, 0.6) is 0 Å². The molecule has 1 aliphatic heterocycles. The normalized spacial score (nSPS) is 20.4. The predicted octanol–water partition coefficient (Wildman–Crippen LogP) is 1.82. The largest absolute Gasteiger partial charge is 0.307 e. The lowest BCUT2D eigenvalue weighted by Gasteiger charge is -2.25. The van der Waals surface area contributed by atoms with E-state index in [1.807, 2.05) is 6.92 Å². The van der Waals surface area contributed by atoms with E-state index in [0.29, 0.717) is 12.2 Å². The third-order valence-electron chi connectivity index (χ3n) is 3.33. The molecule has 0 spiro atoms. The van der Waals surface area contributed by atoms with Gasteiger partial charge in [-0.05, 0) is 32.5 Å². The summed E-state index contributed by atoms with van der Waals surface area (Å²) in [6.07, 6.45) is 5.93. The molecule has 0 radical (unpaired) electrons. The second-order valence-corrected chi connectivity index (χ2v) is 4.64. The summed E-state index contributed by atoms with van der Waals surface area (Å²) in [5.41, 5.74) is 0. The van der Waals surface area contributed by atoms with E-state index < -0.39 is 0 Å². The second-order valence-electron chi connectivity index (χ2n) is 4.64. The fourth-order valence-corrected chi connectivity index (χ4v) is 2.35. The highest BCUT2D eigenvalue weighted by atomic mass is 16.1. The maximum atomic E-state index is 11.8. The van der Waals surface area contributed by atoms with Crippen LogP contribution in [0, 0.1) is 0 Å². The molecule has 1 unspecified atom stereocenters. The van der Waals surface area contributed by atoms with Gasteiger partial charge in [-0.2, -0.15) is 0 Å². The first-order valence-corrected chi connectivity index (χ1v) is 6.76. The van der Waals surface area contributed by atoms with Gasteiger partial charge in [-0.15, -0.1) is 0 Å². The van der Waals surface area contributed by atoms with E-state index in [0.717, 1.165) is 13.1 Å². The van der Waals surface area contributed by atoms with Crippen molar-refractivity contribution < 1.29 is 4.79 Å². The van der Waals surface area contributed by atoms with Gasteiger partial charge in [0, 0.05) is 13.0 Å². The number of likely N-dealkylation sites (N-methyl/N-ethyl adjacent to an activating group) is 1. The van der Waals surface area contributed by atoms with Crippen molar-refractivity contribution in [3.8, 4) is 0 Å². The molecule has 3 heteroatoms. The van der Waals surface area contributed by atoms with E-state index in [1.165, 1.54) is 38.8 Å². The van der Waals surface area contributed by atoms with Crippen LogP contribution in [-0.4, -0.2) is 42.9 Å². The van der Waals surface area contributed by atoms with Gasteiger partial charge in [0.1, 0.15) is 0 Å². The Kier molecular flexibility index (Phi) is 6.65. The van der Waals surface area contributed by atoms with Gasteiger partial charge in [-0.25, -0.2) is 0 Å².